The highest BCUT2D eigenvalue weighted by molar-refractivity contribution is 5.95. The zero-order valence-corrected chi connectivity index (χ0v) is 6.72. The standard InChI is InChI=1S/C8H13NO/c1-5-6-7(2)8(10)9(3)4/h5-6H,2H2,1,3-4H3/b6-5-. The molecule has 0 aliphatic carbocycles. The first-order valence-electron chi connectivity index (χ1n) is 3.13. The molecule has 0 atom stereocenters. The van der Waals surface area contributed by atoms with Crippen LogP contribution in [0.4, 0.5) is 0 Å². The molecule has 0 saturated heterocycles. The third-order valence-corrected chi connectivity index (χ3v) is 1.05. The van der Waals surface area contributed by atoms with Crippen LogP contribution < -0.4 is 0 Å². The van der Waals surface area contributed by atoms with Crippen molar-refractivity contribution >= 4 is 5.91 Å². The molecule has 1 amide bonds. The van der Waals surface area contributed by atoms with E-state index in [9.17, 15) is 4.79 Å². The molecule has 0 bridgehead atoms. The molecule has 0 spiro atoms. The molecule has 0 aromatic heterocycles. The van der Waals surface area contributed by atoms with Gasteiger partial charge < -0.3 is 4.90 Å². The van der Waals surface area contributed by atoms with Crippen molar-refractivity contribution in [2.24, 2.45) is 0 Å². The topological polar surface area (TPSA) is 20.3 Å². The van der Waals surface area contributed by atoms with Gasteiger partial charge in [0.2, 0.25) is 0 Å². The fourth-order valence-electron chi connectivity index (χ4n) is 0.560. The highest BCUT2D eigenvalue weighted by Gasteiger charge is 2.03. The lowest BCUT2D eigenvalue weighted by molar-refractivity contribution is -0.124. The Morgan fingerprint density at radius 1 is 1.50 bits per heavy atom. The monoisotopic (exact) mass is 139 g/mol. The molecule has 0 heterocycles. The van der Waals surface area contributed by atoms with Gasteiger partial charge in [-0.1, -0.05) is 18.7 Å². The molecular formula is C8H13NO. The van der Waals surface area contributed by atoms with E-state index in [1.54, 1.807) is 26.2 Å². The minimum atomic E-state index is -0.0434. The molecular weight excluding hydrogens is 126 g/mol. The minimum Gasteiger partial charge on any atom is -0.345 e. The number of rotatable bonds is 2. The Labute approximate surface area is 61.8 Å². The molecule has 0 rings (SSSR count). The van der Waals surface area contributed by atoms with Crippen LogP contribution in [-0.4, -0.2) is 24.9 Å². The fraction of sp³-hybridized carbons (Fsp3) is 0.375. The summed E-state index contributed by atoms with van der Waals surface area (Å²) >= 11 is 0. The van der Waals surface area contributed by atoms with Gasteiger partial charge in [0, 0.05) is 19.7 Å². The van der Waals surface area contributed by atoms with Crippen LogP contribution in [0.5, 0.6) is 0 Å². The quantitative estimate of drug-likeness (QED) is 0.416. The number of hydrogen-bond acceptors (Lipinski definition) is 1. The third kappa shape index (κ3) is 2.49. The lowest BCUT2D eigenvalue weighted by atomic mass is 10.2. The first-order chi connectivity index (χ1) is 4.59. The maximum Gasteiger partial charge on any atom is 0.252 e. The van der Waals surface area contributed by atoms with Crippen molar-refractivity contribution < 1.29 is 4.79 Å². The predicted octanol–water partition coefficient (Wildman–Crippen LogP) is 1.21. The number of allylic oxidation sites excluding steroid dienone is 1. The van der Waals surface area contributed by atoms with E-state index < -0.39 is 0 Å². The van der Waals surface area contributed by atoms with Crippen LogP contribution in [0.3, 0.4) is 0 Å². The summed E-state index contributed by atoms with van der Waals surface area (Å²) in [6, 6.07) is 0. The summed E-state index contributed by atoms with van der Waals surface area (Å²) in [6.07, 6.45) is 3.49. The summed E-state index contributed by atoms with van der Waals surface area (Å²) in [6.45, 7) is 5.44. The molecule has 0 N–H and O–H groups in total. The Bertz CT molecular complexity index is 168. The van der Waals surface area contributed by atoms with Crippen molar-refractivity contribution in [2.75, 3.05) is 14.1 Å². The molecule has 0 fully saturated rings. The molecule has 0 unspecified atom stereocenters. The second kappa shape index (κ2) is 3.88. The van der Waals surface area contributed by atoms with E-state index in [4.69, 9.17) is 0 Å². The Morgan fingerprint density at radius 2 is 2.00 bits per heavy atom. The Kier molecular flexibility index (Phi) is 3.47. The Balaban J connectivity index is 4.09. The number of carbonyl (C=O) groups is 1. The maximum absolute atomic E-state index is 11.0. The van der Waals surface area contributed by atoms with Crippen molar-refractivity contribution in [3.05, 3.63) is 24.3 Å². The Hall–Kier alpha value is -1.05. The van der Waals surface area contributed by atoms with Crippen LogP contribution in [0, 0.1) is 0 Å². The van der Waals surface area contributed by atoms with Gasteiger partial charge in [-0.3, -0.25) is 4.79 Å². The van der Waals surface area contributed by atoms with Gasteiger partial charge >= 0.3 is 0 Å². The average molecular weight is 139 g/mol. The lowest BCUT2D eigenvalue weighted by Gasteiger charge is -2.08. The number of carbonyl (C=O) groups excluding carboxylic acids is 1. The van der Waals surface area contributed by atoms with Gasteiger partial charge in [-0.25, -0.2) is 0 Å². The van der Waals surface area contributed by atoms with Gasteiger partial charge in [-0.05, 0) is 6.92 Å². The zero-order chi connectivity index (χ0) is 8.15. The highest BCUT2D eigenvalue weighted by Crippen LogP contribution is 1.96. The lowest BCUT2D eigenvalue weighted by Crippen LogP contribution is -2.22. The van der Waals surface area contributed by atoms with E-state index in [0.717, 1.165) is 0 Å². The van der Waals surface area contributed by atoms with Crippen LogP contribution in [0.2, 0.25) is 0 Å². The molecule has 0 radical (unpaired) electrons. The molecule has 0 aliphatic rings. The van der Waals surface area contributed by atoms with Crippen LogP contribution in [-0.2, 0) is 4.79 Å². The number of amides is 1. The number of likely N-dealkylation sites (N-methyl/N-ethyl adjacent to an activating group) is 1. The molecule has 2 heteroatoms. The molecule has 2 nitrogen and oxygen atoms in total. The van der Waals surface area contributed by atoms with Gasteiger partial charge in [0.05, 0.1) is 0 Å². The molecule has 10 heavy (non-hydrogen) atoms. The zero-order valence-electron chi connectivity index (χ0n) is 6.72. The summed E-state index contributed by atoms with van der Waals surface area (Å²) in [5.41, 5.74) is 0.521. The normalized spacial score (nSPS) is 9.90. The van der Waals surface area contributed by atoms with Gasteiger partial charge in [-0.2, -0.15) is 0 Å². The number of nitrogens with zero attached hydrogens (tertiary/aromatic N) is 1. The molecule has 56 valence electrons. The fourth-order valence-corrected chi connectivity index (χ4v) is 0.560. The van der Waals surface area contributed by atoms with E-state index in [1.165, 1.54) is 4.90 Å². The average Bonchev–Trinajstić information content (AvgIpc) is 1.87. The van der Waals surface area contributed by atoms with Crippen LogP contribution in [0.25, 0.3) is 0 Å². The first-order valence-corrected chi connectivity index (χ1v) is 3.13. The molecule has 0 aromatic rings. The summed E-state index contributed by atoms with van der Waals surface area (Å²) < 4.78 is 0. The van der Waals surface area contributed by atoms with Crippen molar-refractivity contribution in [1.82, 2.24) is 4.90 Å². The summed E-state index contributed by atoms with van der Waals surface area (Å²) in [4.78, 5) is 12.5. The van der Waals surface area contributed by atoms with Crippen LogP contribution >= 0.6 is 0 Å². The van der Waals surface area contributed by atoms with Gasteiger partial charge in [0.25, 0.3) is 5.91 Å². The largest absolute Gasteiger partial charge is 0.345 e. The van der Waals surface area contributed by atoms with Gasteiger partial charge in [-0.15, -0.1) is 0 Å². The molecule has 0 saturated carbocycles. The van der Waals surface area contributed by atoms with Crippen LogP contribution in [0.1, 0.15) is 6.92 Å². The predicted molar refractivity (Wildman–Crippen MR) is 42.6 cm³/mol. The second-order valence-corrected chi connectivity index (χ2v) is 2.22. The van der Waals surface area contributed by atoms with Crippen molar-refractivity contribution in [2.45, 2.75) is 6.92 Å². The van der Waals surface area contributed by atoms with Crippen molar-refractivity contribution in [3.63, 3.8) is 0 Å². The van der Waals surface area contributed by atoms with Gasteiger partial charge in [0.15, 0.2) is 0 Å². The first kappa shape index (κ1) is 8.95. The minimum absolute atomic E-state index is 0.0434. The van der Waals surface area contributed by atoms with E-state index in [0.29, 0.717) is 5.57 Å². The summed E-state index contributed by atoms with van der Waals surface area (Å²) in [7, 11) is 3.41. The second-order valence-electron chi connectivity index (χ2n) is 2.22. The maximum atomic E-state index is 11.0. The summed E-state index contributed by atoms with van der Waals surface area (Å²) in [5, 5.41) is 0. The summed E-state index contributed by atoms with van der Waals surface area (Å²) in [5.74, 6) is -0.0434. The Morgan fingerprint density at radius 3 is 2.30 bits per heavy atom. The SMILES string of the molecule is C=C(/C=C\C)C(=O)N(C)C. The van der Waals surface area contributed by atoms with E-state index >= 15 is 0 Å². The highest BCUT2D eigenvalue weighted by atomic mass is 16.2. The van der Waals surface area contributed by atoms with Gasteiger partial charge in [0.1, 0.15) is 0 Å². The van der Waals surface area contributed by atoms with E-state index in [-0.39, 0.29) is 5.91 Å². The van der Waals surface area contributed by atoms with E-state index in [2.05, 4.69) is 6.58 Å². The van der Waals surface area contributed by atoms with Crippen molar-refractivity contribution in [1.29, 1.82) is 0 Å². The van der Waals surface area contributed by atoms with E-state index in [1.807, 2.05) is 6.92 Å². The third-order valence-electron chi connectivity index (χ3n) is 1.05. The molecule has 0 aromatic carbocycles. The smallest absolute Gasteiger partial charge is 0.252 e. The number of hydrogen-bond donors (Lipinski definition) is 0. The van der Waals surface area contributed by atoms with Crippen LogP contribution in [0.15, 0.2) is 24.3 Å². The van der Waals surface area contributed by atoms with Crippen molar-refractivity contribution in [3.8, 4) is 0 Å². The molecule has 0 aliphatic heterocycles.